The van der Waals surface area contributed by atoms with Crippen LogP contribution in [0.3, 0.4) is 0 Å². The lowest BCUT2D eigenvalue weighted by atomic mass is 9.83. The molecule has 3 heterocycles. The predicted octanol–water partition coefficient (Wildman–Crippen LogP) is 1.02. The molecule has 25 heavy (non-hydrogen) atoms. The Kier molecular flexibility index (Phi) is 4.34. The second-order valence-corrected chi connectivity index (χ2v) is 5.46. The van der Waals surface area contributed by atoms with E-state index in [-0.39, 0.29) is 23.6 Å². The van der Waals surface area contributed by atoms with Crippen LogP contribution < -0.4 is 16.6 Å². The van der Waals surface area contributed by atoms with Gasteiger partial charge < -0.3 is 10.1 Å². The van der Waals surface area contributed by atoms with Gasteiger partial charge in [0.2, 0.25) is 0 Å². The van der Waals surface area contributed by atoms with Gasteiger partial charge in [0.15, 0.2) is 0 Å². The van der Waals surface area contributed by atoms with Gasteiger partial charge in [-0.1, -0.05) is 12.7 Å². The molecule has 128 valence electrons. The molecule has 1 atom stereocenters. The highest BCUT2D eigenvalue weighted by molar-refractivity contribution is 5.94. The van der Waals surface area contributed by atoms with Crippen LogP contribution in [0.5, 0.6) is 0 Å². The van der Waals surface area contributed by atoms with E-state index in [4.69, 9.17) is 4.74 Å². The number of aromatic nitrogens is 3. The Morgan fingerprint density at radius 2 is 2.04 bits per heavy atom. The highest BCUT2D eigenvalue weighted by atomic mass is 16.5. The number of rotatable bonds is 4. The molecule has 0 saturated heterocycles. The Bertz CT molecular complexity index is 972. The zero-order valence-electron chi connectivity index (χ0n) is 13.5. The fourth-order valence-corrected chi connectivity index (χ4v) is 2.86. The Labute approximate surface area is 142 Å². The summed E-state index contributed by atoms with van der Waals surface area (Å²) in [6.07, 6.45) is 4.60. The van der Waals surface area contributed by atoms with Gasteiger partial charge in [-0.2, -0.15) is 0 Å². The quantitative estimate of drug-likeness (QED) is 0.565. The van der Waals surface area contributed by atoms with Gasteiger partial charge in [-0.3, -0.25) is 19.7 Å². The number of esters is 1. The minimum Gasteiger partial charge on any atom is -0.458 e. The van der Waals surface area contributed by atoms with Crippen LogP contribution in [-0.4, -0.2) is 27.5 Å². The molecule has 0 saturated carbocycles. The zero-order chi connectivity index (χ0) is 18.0. The monoisotopic (exact) mass is 340 g/mol. The summed E-state index contributed by atoms with van der Waals surface area (Å²) in [7, 11) is 0. The fourth-order valence-electron chi connectivity index (χ4n) is 2.86. The molecule has 0 spiro atoms. The molecule has 8 nitrogen and oxygen atoms in total. The number of hydrogen-bond acceptors (Lipinski definition) is 6. The lowest BCUT2D eigenvalue weighted by Crippen LogP contribution is -2.35. The average molecular weight is 340 g/mol. The van der Waals surface area contributed by atoms with E-state index in [0.29, 0.717) is 11.3 Å². The van der Waals surface area contributed by atoms with E-state index >= 15 is 0 Å². The fraction of sp³-hybridized carbons (Fsp3) is 0.176. The van der Waals surface area contributed by atoms with Crippen molar-refractivity contribution in [2.45, 2.75) is 12.8 Å². The summed E-state index contributed by atoms with van der Waals surface area (Å²) < 4.78 is 5.18. The Morgan fingerprint density at radius 1 is 1.32 bits per heavy atom. The van der Waals surface area contributed by atoms with Crippen molar-refractivity contribution >= 4 is 11.8 Å². The number of pyridine rings is 1. The van der Waals surface area contributed by atoms with Crippen LogP contribution in [0.2, 0.25) is 0 Å². The largest absolute Gasteiger partial charge is 0.458 e. The number of hydrogen-bond donors (Lipinski definition) is 3. The van der Waals surface area contributed by atoms with Gasteiger partial charge in [-0.05, 0) is 24.6 Å². The summed E-state index contributed by atoms with van der Waals surface area (Å²) >= 11 is 0. The molecule has 0 bridgehead atoms. The standard InChI is InChI=1S/C17H16N4O4/c1-3-8-25-16(23)11-9(2)19-14-13(15(22)21-17(24)20-14)12(11)10-4-6-18-7-5-10/h3-7,12H,1,8H2,2H3,(H3,19,20,21,22,24). The van der Waals surface area contributed by atoms with E-state index in [2.05, 4.69) is 26.8 Å². The van der Waals surface area contributed by atoms with Crippen molar-refractivity contribution in [3.05, 3.63) is 80.4 Å². The first kappa shape index (κ1) is 16.4. The number of ether oxygens (including phenoxy) is 1. The second kappa shape index (κ2) is 6.60. The van der Waals surface area contributed by atoms with Crippen LogP contribution in [0.4, 0.5) is 5.82 Å². The summed E-state index contributed by atoms with van der Waals surface area (Å²) in [4.78, 5) is 45.3. The first-order valence-corrected chi connectivity index (χ1v) is 7.55. The molecule has 0 amide bonds. The molecule has 2 aromatic rings. The topological polar surface area (TPSA) is 117 Å². The van der Waals surface area contributed by atoms with Crippen LogP contribution >= 0.6 is 0 Å². The number of nitrogens with one attached hydrogen (secondary N) is 3. The third kappa shape index (κ3) is 3.01. The molecular formula is C17H16N4O4. The van der Waals surface area contributed by atoms with E-state index in [1.807, 2.05) is 0 Å². The molecule has 0 aliphatic carbocycles. The number of fused-ring (bicyclic) bond motifs is 1. The number of allylic oxidation sites excluding steroid dienone is 1. The third-order valence-electron chi connectivity index (χ3n) is 3.87. The number of carbonyl (C=O) groups is 1. The number of anilines is 1. The van der Waals surface area contributed by atoms with Crippen LogP contribution in [0.1, 0.15) is 24.0 Å². The molecule has 3 rings (SSSR count). The van der Waals surface area contributed by atoms with Crippen molar-refractivity contribution in [2.24, 2.45) is 0 Å². The van der Waals surface area contributed by atoms with Crippen LogP contribution in [0.15, 0.2) is 58.0 Å². The van der Waals surface area contributed by atoms with E-state index in [1.54, 1.807) is 31.5 Å². The van der Waals surface area contributed by atoms with Crippen molar-refractivity contribution < 1.29 is 9.53 Å². The first-order chi connectivity index (χ1) is 12.0. The second-order valence-electron chi connectivity index (χ2n) is 5.46. The maximum Gasteiger partial charge on any atom is 0.337 e. The number of aromatic amines is 2. The molecule has 1 aliphatic rings. The molecule has 0 aromatic carbocycles. The first-order valence-electron chi connectivity index (χ1n) is 7.55. The maximum absolute atomic E-state index is 12.6. The van der Waals surface area contributed by atoms with Crippen molar-refractivity contribution in [3.63, 3.8) is 0 Å². The van der Waals surface area contributed by atoms with E-state index in [0.717, 1.165) is 0 Å². The zero-order valence-corrected chi connectivity index (χ0v) is 13.5. The Morgan fingerprint density at radius 3 is 2.72 bits per heavy atom. The Balaban J connectivity index is 2.23. The number of carbonyl (C=O) groups excluding carboxylic acids is 1. The van der Waals surface area contributed by atoms with Crippen LogP contribution in [0.25, 0.3) is 0 Å². The van der Waals surface area contributed by atoms with Crippen molar-refractivity contribution in [3.8, 4) is 0 Å². The van der Waals surface area contributed by atoms with Gasteiger partial charge in [-0.15, -0.1) is 0 Å². The lowest BCUT2D eigenvalue weighted by Gasteiger charge is -2.28. The van der Waals surface area contributed by atoms with E-state index < -0.39 is 23.1 Å². The molecular weight excluding hydrogens is 324 g/mol. The van der Waals surface area contributed by atoms with Gasteiger partial charge in [-0.25, -0.2) is 9.59 Å². The van der Waals surface area contributed by atoms with Gasteiger partial charge in [0.1, 0.15) is 12.4 Å². The molecule has 0 radical (unpaired) electrons. The maximum atomic E-state index is 12.6. The van der Waals surface area contributed by atoms with Crippen molar-refractivity contribution in [1.82, 2.24) is 15.0 Å². The summed E-state index contributed by atoms with van der Waals surface area (Å²) in [5, 5.41) is 2.91. The molecule has 8 heteroatoms. The molecule has 3 N–H and O–H groups in total. The Hall–Kier alpha value is -3.42. The average Bonchev–Trinajstić information content (AvgIpc) is 2.59. The minimum atomic E-state index is -0.697. The van der Waals surface area contributed by atoms with Crippen molar-refractivity contribution in [2.75, 3.05) is 11.9 Å². The SMILES string of the molecule is C=CCOC(=O)C1=C(C)Nc2[nH]c(=O)[nH]c(=O)c2C1c1ccncc1. The smallest absolute Gasteiger partial charge is 0.337 e. The van der Waals surface area contributed by atoms with Gasteiger partial charge in [0.05, 0.1) is 17.1 Å². The third-order valence-corrected chi connectivity index (χ3v) is 3.87. The molecule has 1 aliphatic heterocycles. The number of nitrogens with zero attached hydrogens (tertiary/aromatic N) is 1. The summed E-state index contributed by atoms with van der Waals surface area (Å²) in [5.74, 6) is -1.01. The molecule has 1 unspecified atom stereocenters. The van der Waals surface area contributed by atoms with Gasteiger partial charge >= 0.3 is 11.7 Å². The van der Waals surface area contributed by atoms with E-state index in [9.17, 15) is 14.4 Å². The van der Waals surface area contributed by atoms with Gasteiger partial charge in [0, 0.05) is 18.1 Å². The molecule has 0 fully saturated rings. The van der Waals surface area contributed by atoms with Crippen molar-refractivity contribution in [1.29, 1.82) is 0 Å². The summed E-state index contributed by atoms with van der Waals surface area (Å²) in [6, 6.07) is 3.41. The molecule has 2 aromatic heterocycles. The minimum absolute atomic E-state index is 0.0491. The summed E-state index contributed by atoms with van der Waals surface area (Å²) in [5.41, 5.74) is 0.495. The summed E-state index contributed by atoms with van der Waals surface area (Å²) in [6.45, 7) is 5.25. The van der Waals surface area contributed by atoms with Gasteiger partial charge in [0.25, 0.3) is 5.56 Å². The number of H-pyrrole nitrogens is 2. The van der Waals surface area contributed by atoms with Crippen LogP contribution in [0, 0.1) is 0 Å². The highest BCUT2D eigenvalue weighted by Crippen LogP contribution is 2.38. The van der Waals surface area contributed by atoms with Crippen LogP contribution in [-0.2, 0) is 9.53 Å². The lowest BCUT2D eigenvalue weighted by molar-refractivity contribution is -0.138. The normalized spacial score (nSPS) is 16.0. The highest BCUT2D eigenvalue weighted by Gasteiger charge is 2.35. The van der Waals surface area contributed by atoms with E-state index in [1.165, 1.54) is 6.08 Å². The predicted molar refractivity (Wildman–Crippen MR) is 91.2 cm³/mol.